The predicted octanol–water partition coefficient (Wildman–Crippen LogP) is 12.3. The largest absolute Gasteiger partial charge is 0.460 e. The van der Waals surface area contributed by atoms with Gasteiger partial charge in [0, 0.05) is 62.3 Å². The second kappa shape index (κ2) is 12.5. The highest BCUT2D eigenvalue weighted by Gasteiger charge is 2.27. The summed E-state index contributed by atoms with van der Waals surface area (Å²) in [4.78, 5) is 15.6. The van der Waals surface area contributed by atoms with Crippen LogP contribution in [-0.2, 0) is 6.42 Å². The van der Waals surface area contributed by atoms with Crippen LogP contribution in [0.25, 0.3) is 72.1 Å². The molecule has 0 radical (unpaired) electrons. The highest BCUT2D eigenvalue weighted by Crippen LogP contribution is 2.42. The maximum Gasteiger partial charge on any atom is 0.164 e. The predicted molar refractivity (Wildman–Crippen MR) is 218 cm³/mol. The van der Waals surface area contributed by atoms with E-state index in [9.17, 15) is 0 Å². The minimum Gasteiger partial charge on any atom is -0.460 e. The van der Waals surface area contributed by atoms with E-state index in [-0.39, 0.29) is 5.92 Å². The van der Waals surface area contributed by atoms with Crippen LogP contribution < -0.4 is 0 Å². The number of benzene rings is 4. The molecule has 5 heteroatoms. The first kappa shape index (κ1) is 31.0. The Morgan fingerprint density at radius 3 is 2.30 bits per heavy atom. The molecule has 0 spiro atoms. The molecule has 3 heterocycles. The van der Waals surface area contributed by atoms with Crippen molar-refractivity contribution in [3.63, 3.8) is 0 Å². The number of hydrogen-bond acceptors (Lipinski definition) is 5. The number of furan rings is 2. The molecule has 11 rings (SSSR count). The SMILES string of the molecule is C1=CCCC(c2ccc(-c3nc(C4=CC5C=CC=CC5C=C4)nc(C4=CCCc5oc6ccc(-c7cccc8c7oc7ccccc78)cc6c54)n3)cc2)=C1. The number of hydrogen-bond donors (Lipinski definition) is 0. The summed E-state index contributed by atoms with van der Waals surface area (Å²) in [6, 6.07) is 29.8. The zero-order valence-corrected chi connectivity index (χ0v) is 29.6. The Morgan fingerprint density at radius 2 is 1.39 bits per heavy atom. The number of aryl methyl sites for hydroxylation is 1. The summed E-state index contributed by atoms with van der Waals surface area (Å²) in [5.41, 5.74) is 11.3. The van der Waals surface area contributed by atoms with Crippen LogP contribution >= 0.6 is 0 Å². The van der Waals surface area contributed by atoms with Crippen LogP contribution in [-0.4, -0.2) is 15.0 Å². The van der Waals surface area contributed by atoms with E-state index in [1.807, 2.05) is 12.1 Å². The summed E-state index contributed by atoms with van der Waals surface area (Å²) < 4.78 is 13.0. The van der Waals surface area contributed by atoms with E-state index in [2.05, 4.69) is 140 Å². The number of para-hydroxylation sites is 2. The molecular weight excluding hydrogens is 663 g/mol. The first-order valence-electron chi connectivity index (χ1n) is 18.9. The summed E-state index contributed by atoms with van der Waals surface area (Å²) in [5, 5.41) is 3.28. The lowest BCUT2D eigenvalue weighted by Crippen LogP contribution is -2.13. The highest BCUT2D eigenvalue weighted by atomic mass is 16.3. The summed E-state index contributed by atoms with van der Waals surface area (Å²) in [6.07, 6.45) is 28.1. The van der Waals surface area contributed by atoms with Crippen molar-refractivity contribution >= 4 is 49.6 Å². The highest BCUT2D eigenvalue weighted by molar-refractivity contribution is 6.10. The van der Waals surface area contributed by atoms with Crippen molar-refractivity contribution in [3.05, 3.63) is 180 Å². The Bertz CT molecular complexity index is 2890. The van der Waals surface area contributed by atoms with Gasteiger partial charge in [0.25, 0.3) is 0 Å². The maximum absolute atomic E-state index is 6.58. The number of allylic oxidation sites excluding steroid dienone is 13. The number of rotatable bonds is 5. The number of nitrogens with zero attached hydrogens (tertiary/aromatic N) is 3. The summed E-state index contributed by atoms with van der Waals surface area (Å²) >= 11 is 0. The second-order valence-electron chi connectivity index (χ2n) is 14.5. The summed E-state index contributed by atoms with van der Waals surface area (Å²) in [7, 11) is 0. The Kier molecular flexibility index (Phi) is 7.19. The first-order chi connectivity index (χ1) is 26.7. The van der Waals surface area contributed by atoms with Crippen molar-refractivity contribution < 1.29 is 8.83 Å². The first-order valence-corrected chi connectivity index (χ1v) is 18.9. The smallest absolute Gasteiger partial charge is 0.164 e. The van der Waals surface area contributed by atoms with Crippen LogP contribution in [0.5, 0.6) is 0 Å². The van der Waals surface area contributed by atoms with Gasteiger partial charge in [-0.15, -0.1) is 0 Å². The molecule has 54 heavy (non-hydrogen) atoms. The fourth-order valence-corrected chi connectivity index (χ4v) is 8.47. The third-order valence-electron chi connectivity index (χ3n) is 11.2. The van der Waals surface area contributed by atoms with Gasteiger partial charge in [-0.1, -0.05) is 134 Å². The fraction of sp³-hybridized carbons (Fsp3) is 0.122. The molecule has 258 valence electrons. The molecule has 2 atom stereocenters. The van der Waals surface area contributed by atoms with Crippen molar-refractivity contribution in [2.24, 2.45) is 11.8 Å². The Balaban J connectivity index is 1.05. The summed E-state index contributed by atoms with van der Waals surface area (Å²) in [6.45, 7) is 0. The van der Waals surface area contributed by atoms with Gasteiger partial charge < -0.3 is 8.83 Å². The topological polar surface area (TPSA) is 65.0 Å². The van der Waals surface area contributed by atoms with E-state index >= 15 is 0 Å². The Hall–Kier alpha value is -6.59. The van der Waals surface area contributed by atoms with Crippen LogP contribution in [0.1, 0.15) is 47.8 Å². The number of aromatic nitrogens is 3. The Morgan fingerprint density at radius 1 is 0.593 bits per heavy atom. The fourth-order valence-electron chi connectivity index (χ4n) is 8.47. The van der Waals surface area contributed by atoms with Gasteiger partial charge in [0.2, 0.25) is 0 Å². The van der Waals surface area contributed by atoms with E-state index < -0.39 is 0 Å². The van der Waals surface area contributed by atoms with E-state index in [1.54, 1.807) is 0 Å². The number of fused-ring (bicyclic) bond motifs is 7. The van der Waals surface area contributed by atoms with Gasteiger partial charge in [-0.25, -0.2) is 15.0 Å². The minimum absolute atomic E-state index is 0.267. The molecule has 0 N–H and O–H groups in total. The van der Waals surface area contributed by atoms with Gasteiger partial charge in [-0.2, -0.15) is 0 Å². The standard InChI is InChI=1S/C49H35N3O2/c1-2-10-30(11-3-1)32-20-23-33(24-21-32)47-50-48(36-25-22-31-12-4-5-13-34(31)28-36)52-49(51-47)40-17-9-19-44-45(40)41-29-35(26-27-43(41)53-44)37-15-8-16-39-38-14-6-7-18-42(38)54-46(37)39/h1-2,4-8,10,12-18,20-29,31,34H,3,9,11,19H2. The molecule has 3 aromatic heterocycles. The van der Waals surface area contributed by atoms with Gasteiger partial charge >= 0.3 is 0 Å². The molecule has 4 aliphatic carbocycles. The molecule has 4 aliphatic rings. The van der Waals surface area contributed by atoms with Gasteiger partial charge in [-0.05, 0) is 54.2 Å². The molecule has 2 unspecified atom stereocenters. The van der Waals surface area contributed by atoms with Crippen LogP contribution in [0.2, 0.25) is 0 Å². The van der Waals surface area contributed by atoms with Crippen molar-refractivity contribution in [2.45, 2.75) is 25.7 Å². The molecule has 0 saturated carbocycles. The van der Waals surface area contributed by atoms with Crippen molar-refractivity contribution in [3.8, 4) is 22.5 Å². The van der Waals surface area contributed by atoms with Gasteiger partial charge in [0.15, 0.2) is 17.5 Å². The van der Waals surface area contributed by atoms with E-state index in [1.165, 1.54) is 11.1 Å². The van der Waals surface area contributed by atoms with Crippen LogP contribution in [0.15, 0.2) is 161 Å². The normalized spacial score (nSPS) is 18.9. The van der Waals surface area contributed by atoms with Crippen molar-refractivity contribution in [1.29, 1.82) is 0 Å². The van der Waals surface area contributed by atoms with E-state index in [4.69, 9.17) is 23.8 Å². The van der Waals surface area contributed by atoms with Crippen molar-refractivity contribution in [1.82, 2.24) is 15.0 Å². The zero-order chi connectivity index (χ0) is 35.6. The van der Waals surface area contributed by atoms with Crippen LogP contribution in [0.3, 0.4) is 0 Å². The monoisotopic (exact) mass is 697 g/mol. The van der Waals surface area contributed by atoms with Gasteiger partial charge in [0.1, 0.15) is 22.5 Å². The molecule has 4 aromatic carbocycles. The van der Waals surface area contributed by atoms with Gasteiger partial charge in [-0.3, -0.25) is 0 Å². The van der Waals surface area contributed by atoms with E-state index in [0.29, 0.717) is 23.4 Å². The average molecular weight is 698 g/mol. The van der Waals surface area contributed by atoms with Crippen molar-refractivity contribution in [2.75, 3.05) is 0 Å². The third kappa shape index (κ3) is 5.19. The lowest BCUT2D eigenvalue weighted by atomic mass is 9.83. The quantitative estimate of drug-likeness (QED) is 0.179. The molecule has 0 saturated heterocycles. The maximum atomic E-state index is 6.58. The lowest BCUT2D eigenvalue weighted by molar-refractivity contribution is 0.545. The summed E-state index contributed by atoms with van der Waals surface area (Å²) in [5.74, 6) is 3.56. The van der Waals surface area contributed by atoms with E-state index in [0.717, 1.165) is 97.8 Å². The zero-order valence-electron chi connectivity index (χ0n) is 29.6. The molecule has 0 bridgehead atoms. The van der Waals surface area contributed by atoms with Crippen LogP contribution in [0, 0.1) is 11.8 Å². The molecule has 0 aliphatic heterocycles. The molecular formula is C49H35N3O2. The molecule has 7 aromatic rings. The average Bonchev–Trinajstić information content (AvgIpc) is 3.82. The minimum atomic E-state index is 0.267. The third-order valence-corrected chi connectivity index (χ3v) is 11.2. The second-order valence-corrected chi connectivity index (χ2v) is 14.5. The van der Waals surface area contributed by atoms with Crippen LogP contribution in [0.4, 0.5) is 0 Å². The lowest BCUT2D eigenvalue weighted by Gasteiger charge is -2.23. The Labute approximate surface area is 312 Å². The molecule has 5 nitrogen and oxygen atoms in total. The van der Waals surface area contributed by atoms with Gasteiger partial charge in [0.05, 0.1) is 0 Å². The molecule has 0 amide bonds. The molecule has 0 fully saturated rings.